The van der Waals surface area contributed by atoms with E-state index in [2.05, 4.69) is 55.6 Å². The van der Waals surface area contributed by atoms with Crippen molar-refractivity contribution in [2.45, 2.75) is 238 Å². The standard InChI is InChI=1S/C47H87NO5/c1-3-5-7-9-11-13-15-17-19-20-23-27-31-35-39-45(50)44(43-49)48-46(51)40-36-32-28-24-22-26-30-34-38-42-53-47(52)41-37-33-29-25-21-18-16-14-12-10-8-6-4-2/h8,10,14,16,24,28,44-45,49-50H,3-7,9,11-13,15,17-23,25-27,29-43H2,1-2H3,(H,48,51)/b10-8-,16-14-,28-24-. The van der Waals surface area contributed by atoms with Crippen molar-refractivity contribution in [3.63, 3.8) is 0 Å². The van der Waals surface area contributed by atoms with Crippen LogP contribution >= 0.6 is 0 Å². The number of esters is 1. The molecule has 53 heavy (non-hydrogen) atoms. The van der Waals surface area contributed by atoms with Crippen molar-refractivity contribution in [1.82, 2.24) is 5.32 Å². The van der Waals surface area contributed by atoms with Gasteiger partial charge in [0.2, 0.25) is 5.91 Å². The average Bonchev–Trinajstić information content (AvgIpc) is 3.16. The monoisotopic (exact) mass is 746 g/mol. The number of aliphatic hydroxyl groups excluding tert-OH is 2. The van der Waals surface area contributed by atoms with Gasteiger partial charge >= 0.3 is 5.97 Å². The summed E-state index contributed by atoms with van der Waals surface area (Å²) in [6, 6.07) is -0.579. The van der Waals surface area contributed by atoms with Crippen LogP contribution in [0.1, 0.15) is 226 Å². The van der Waals surface area contributed by atoms with E-state index < -0.39 is 12.1 Å². The van der Waals surface area contributed by atoms with Crippen LogP contribution in [0.5, 0.6) is 0 Å². The van der Waals surface area contributed by atoms with Crippen LogP contribution in [-0.4, -0.2) is 47.4 Å². The summed E-state index contributed by atoms with van der Waals surface area (Å²) in [4.78, 5) is 24.4. The molecule has 2 atom stereocenters. The van der Waals surface area contributed by atoms with Gasteiger partial charge in [-0.05, 0) is 70.6 Å². The molecule has 0 bridgehead atoms. The molecule has 0 rings (SSSR count). The first-order valence-corrected chi connectivity index (χ1v) is 22.7. The summed E-state index contributed by atoms with van der Waals surface area (Å²) in [5, 5.41) is 23.1. The average molecular weight is 746 g/mol. The molecule has 0 aliphatic rings. The van der Waals surface area contributed by atoms with Gasteiger partial charge in [0.1, 0.15) is 0 Å². The molecule has 0 radical (unpaired) electrons. The Bertz CT molecular complexity index is 869. The number of hydrogen-bond donors (Lipinski definition) is 3. The highest BCUT2D eigenvalue weighted by atomic mass is 16.5. The predicted molar refractivity (Wildman–Crippen MR) is 227 cm³/mol. The zero-order valence-corrected chi connectivity index (χ0v) is 35.0. The highest BCUT2D eigenvalue weighted by Gasteiger charge is 2.19. The van der Waals surface area contributed by atoms with E-state index in [0.717, 1.165) is 83.5 Å². The molecule has 6 nitrogen and oxygen atoms in total. The number of ether oxygens (including phenoxy) is 1. The first kappa shape index (κ1) is 51.1. The Morgan fingerprint density at radius 1 is 0.528 bits per heavy atom. The predicted octanol–water partition coefficient (Wildman–Crippen LogP) is 12.9. The minimum Gasteiger partial charge on any atom is -0.466 e. The Morgan fingerprint density at radius 2 is 1.00 bits per heavy atom. The maximum Gasteiger partial charge on any atom is 0.305 e. The van der Waals surface area contributed by atoms with E-state index in [9.17, 15) is 19.8 Å². The van der Waals surface area contributed by atoms with Crippen molar-refractivity contribution in [3.8, 4) is 0 Å². The van der Waals surface area contributed by atoms with E-state index in [4.69, 9.17) is 4.74 Å². The Hall–Kier alpha value is -1.92. The molecular weight excluding hydrogens is 659 g/mol. The summed E-state index contributed by atoms with van der Waals surface area (Å²) >= 11 is 0. The minimum absolute atomic E-state index is 0.0519. The van der Waals surface area contributed by atoms with E-state index in [-0.39, 0.29) is 18.5 Å². The van der Waals surface area contributed by atoms with E-state index >= 15 is 0 Å². The van der Waals surface area contributed by atoms with Gasteiger partial charge in [0.05, 0.1) is 25.4 Å². The molecule has 0 fully saturated rings. The number of amides is 1. The lowest BCUT2D eigenvalue weighted by Gasteiger charge is -2.22. The normalized spacial score (nSPS) is 13.1. The maximum atomic E-state index is 12.4. The summed E-state index contributed by atoms with van der Waals surface area (Å²) in [6.07, 6.45) is 49.6. The van der Waals surface area contributed by atoms with Crippen LogP contribution in [0.4, 0.5) is 0 Å². The molecule has 0 aromatic heterocycles. The minimum atomic E-state index is -0.695. The Kier molecular flexibility index (Phi) is 41.3. The quantitative estimate of drug-likeness (QED) is 0.0329. The van der Waals surface area contributed by atoms with E-state index in [1.165, 1.54) is 109 Å². The van der Waals surface area contributed by atoms with E-state index in [1.807, 2.05) is 0 Å². The number of rotatable bonds is 41. The number of hydrogen-bond acceptors (Lipinski definition) is 5. The lowest BCUT2D eigenvalue weighted by atomic mass is 10.0. The number of aliphatic hydroxyl groups is 2. The number of carbonyl (C=O) groups excluding carboxylic acids is 2. The third kappa shape index (κ3) is 39.6. The van der Waals surface area contributed by atoms with Crippen molar-refractivity contribution < 1.29 is 24.5 Å². The third-order valence-corrected chi connectivity index (χ3v) is 10.1. The largest absolute Gasteiger partial charge is 0.466 e. The fourth-order valence-corrected chi connectivity index (χ4v) is 6.62. The SMILES string of the molecule is CCC/C=C\C/C=C\CCCCCCCC(=O)OCCCCCC/C=C\CCCC(=O)NC(CO)C(O)CCCCCCCCCCCCCCCC. The van der Waals surface area contributed by atoms with E-state index in [1.54, 1.807) is 0 Å². The third-order valence-electron chi connectivity index (χ3n) is 10.1. The second kappa shape index (κ2) is 42.8. The molecule has 0 heterocycles. The first-order valence-electron chi connectivity index (χ1n) is 22.7. The molecule has 0 aliphatic carbocycles. The summed E-state index contributed by atoms with van der Waals surface area (Å²) in [7, 11) is 0. The number of carbonyl (C=O) groups is 2. The molecule has 2 unspecified atom stereocenters. The maximum absolute atomic E-state index is 12.4. The highest BCUT2D eigenvalue weighted by molar-refractivity contribution is 5.76. The van der Waals surface area contributed by atoms with Gasteiger partial charge in [0.25, 0.3) is 0 Å². The summed E-state index contributed by atoms with van der Waals surface area (Å²) in [5.41, 5.74) is 0. The summed E-state index contributed by atoms with van der Waals surface area (Å²) in [5.74, 6) is -0.150. The van der Waals surface area contributed by atoms with Gasteiger partial charge in [-0.15, -0.1) is 0 Å². The van der Waals surface area contributed by atoms with Gasteiger partial charge in [-0.3, -0.25) is 9.59 Å². The summed E-state index contributed by atoms with van der Waals surface area (Å²) < 4.78 is 5.41. The molecule has 1 amide bonds. The summed E-state index contributed by atoms with van der Waals surface area (Å²) in [6.45, 7) is 4.77. The van der Waals surface area contributed by atoms with Gasteiger partial charge in [-0.2, -0.15) is 0 Å². The van der Waals surface area contributed by atoms with Crippen LogP contribution < -0.4 is 5.32 Å². The smallest absolute Gasteiger partial charge is 0.305 e. The van der Waals surface area contributed by atoms with E-state index in [0.29, 0.717) is 25.9 Å². The fourth-order valence-electron chi connectivity index (χ4n) is 6.62. The first-order chi connectivity index (χ1) is 26.0. The van der Waals surface area contributed by atoms with Gasteiger partial charge in [0, 0.05) is 12.8 Å². The molecule has 0 aromatic rings. The van der Waals surface area contributed by atoms with Gasteiger partial charge in [-0.25, -0.2) is 0 Å². The van der Waals surface area contributed by atoms with Crippen molar-refractivity contribution in [3.05, 3.63) is 36.5 Å². The van der Waals surface area contributed by atoms with Crippen LogP contribution in [0.3, 0.4) is 0 Å². The van der Waals surface area contributed by atoms with Crippen LogP contribution in [0.25, 0.3) is 0 Å². The van der Waals surface area contributed by atoms with Gasteiger partial charge < -0.3 is 20.3 Å². The number of allylic oxidation sites excluding steroid dienone is 6. The number of nitrogens with one attached hydrogen (secondary N) is 1. The van der Waals surface area contributed by atoms with Gasteiger partial charge in [-0.1, -0.05) is 179 Å². The van der Waals surface area contributed by atoms with Crippen LogP contribution in [0.15, 0.2) is 36.5 Å². The molecule has 0 aromatic carbocycles. The topological polar surface area (TPSA) is 95.9 Å². The molecule has 3 N–H and O–H groups in total. The second-order valence-electron chi connectivity index (χ2n) is 15.4. The molecule has 6 heteroatoms. The molecule has 0 spiro atoms. The van der Waals surface area contributed by atoms with Crippen molar-refractivity contribution in [2.75, 3.05) is 13.2 Å². The van der Waals surface area contributed by atoms with Gasteiger partial charge in [0.15, 0.2) is 0 Å². The highest BCUT2D eigenvalue weighted by Crippen LogP contribution is 2.15. The van der Waals surface area contributed by atoms with Crippen LogP contribution in [0, 0.1) is 0 Å². The fraction of sp³-hybridized carbons (Fsp3) is 0.830. The lowest BCUT2D eigenvalue weighted by molar-refractivity contribution is -0.143. The zero-order valence-electron chi connectivity index (χ0n) is 35.0. The second-order valence-corrected chi connectivity index (χ2v) is 15.4. The molecule has 0 saturated heterocycles. The molecule has 0 aliphatic heterocycles. The lowest BCUT2D eigenvalue weighted by Crippen LogP contribution is -2.45. The van der Waals surface area contributed by atoms with Crippen molar-refractivity contribution in [2.24, 2.45) is 0 Å². The molecule has 0 saturated carbocycles. The molecular formula is C47H87NO5. The van der Waals surface area contributed by atoms with Crippen molar-refractivity contribution >= 4 is 11.9 Å². The Morgan fingerprint density at radius 3 is 1.57 bits per heavy atom. The Balaban J connectivity index is 3.58. The van der Waals surface area contributed by atoms with Crippen LogP contribution in [-0.2, 0) is 14.3 Å². The number of unbranched alkanes of at least 4 members (excludes halogenated alkanes) is 24. The molecule has 310 valence electrons. The zero-order chi connectivity index (χ0) is 38.7. The van der Waals surface area contributed by atoms with Crippen molar-refractivity contribution in [1.29, 1.82) is 0 Å². The van der Waals surface area contributed by atoms with Crippen LogP contribution in [0.2, 0.25) is 0 Å². The Labute approximate surface area is 328 Å².